The summed E-state index contributed by atoms with van der Waals surface area (Å²) in [5.41, 5.74) is 3.81. The average molecular weight is 444 g/mol. The number of amides is 1. The molecule has 2 aromatic carbocycles. The second kappa shape index (κ2) is 8.56. The number of rotatable bonds is 6. The summed E-state index contributed by atoms with van der Waals surface area (Å²) in [4.78, 5) is 25.6. The standard InChI is InChI=1S/C21H22BrN3O3/c1-24(2)17-9-5-15(6-10-17)19-13-18(14-3-7-16(22)8-4-14)23-25(19)20(26)11-12-21(27)28/h3-10,19H,11-13H2,1-2H3,(H,27,28)/t19-/m0/s1. The summed E-state index contributed by atoms with van der Waals surface area (Å²) in [5, 5.41) is 14.9. The Morgan fingerprint density at radius 3 is 2.32 bits per heavy atom. The van der Waals surface area contributed by atoms with Gasteiger partial charge in [-0.15, -0.1) is 0 Å². The number of carboxylic acids is 1. The molecular formula is C21H22BrN3O3. The predicted molar refractivity (Wildman–Crippen MR) is 113 cm³/mol. The maximum atomic E-state index is 12.7. The summed E-state index contributed by atoms with van der Waals surface area (Å²) in [6.45, 7) is 0. The van der Waals surface area contributed by atoms with Crippen LogP contribution in [0.3, 0.4) is 0 Å². The highest BCUT2D eigenvalue weighted by atomic mass is 79.9. The first-order chi connectivity index (χ1) is 13.3. The number of anilines is 1. The predicted octanol–water partition coefficient (Wildman–Crippen LogP) is 4.06. The molecule has 2 aromatic rings. The summed E-state index contributed by atoms with van der Waals surface area (Å²) in [7, 11) is 3.95. The Morgan fingerprint density at radius 2 is 1.75 bits per heavy atom. The van der Waals surface area contributed by atoms with Crippen molar-refractivity contribution in [2.24, 2.45) is 5.10 Å². The molecule has 0 fully saturated rings. The molecule has 28 heavy (non-hydrogen) atoms. The summed E-state index contributed by atoms with van der Waals surface area (Å²) >= 11 is 3.43. The van der Waals surface area contributed by atoms with Crippen LogP contribution in [0.1, 0.15) is 36.4 Å². The van der Waals surface area contributed by atoms with Crippen LogP contribution in [0.25, 0.3) is 0 Å². The van der Waals surface area contributed by atoms with Crippen LogP contribution in [0, 0.1) is 0 Å². The van der Waals surface area contributed by atoms with E-state index < -0.39 is 5.97 Å². The van der Waals surface area contributed by atoms with Gasteiger partial charge in [0.1, 0.15) is 0 Å². The van der Waals surface area contributed by atoms with Crippen molar-refractivity contribution in [3.05, 3.63) is 64.1 Å². The molecule has 0 saturated carbocycles. The number of nitrogens with zero attached hydrogens (tertiary/aromatic N) is 3. The van der Waals surface area contributed by atoms with Gasteiger partial charge in [-0.2, -0.15) is 5.10 Å². The van der Waals surface area contributed by atoms with Crippen molar-refractivity contribution >= 4 is 39.2 Å². The molecule has 1 N–H and O–H groups in total. The minimum atomic E-state index is -0.989. The van der Waals surface area contributed by atoms with Crippen molar-refractivity contribution < 1.29 is 14.7 Å². The van der Waals surface area contributed by atoms with E-state index in [2.05, 4.69) is 21.0 Å². The fraction of sp³-hybridized carbons (Fsp3) is 0.286. The van der Waals surface area contributed by atoms with E-state index >= 15 is 0 Å². The lowest BCUT2D eigenvalue weighted by atomic mass is 9.98. The maximum absolute atomic E-state index is 12.7. The van der Waals surface area contributed by atoms with Crippen LogP contribution in [0.2, 0.25) is 0 Å². The number of carboxylic acid groups (broad SMARTS) is 1. The minimum absolute atomic E-state index is 0.0707. The number of halogens is 1. The van der Waals surface area contributed by atoms with Gasteiger partial charge in [-0.25, -0.2) is 5.01 Å². The Hall–Kier alpha value is -2.67. The highest BCUT2D eigenvalue weighted by Crippen LogP contribution is 2.34. The first-order valence-corrected chi connectivity index (χ1v) is 9.79. The van der Waals surface area contributed by atoms with E-state index in [0.29, 0.717) is 6.42 Å². The van der Waals surface area contributed by atoms with E-state index in [1.807, 2.05) is 67.5 Å². The lowest BCUT2D eigenvalue weighted by Gasteiger charge is -2.22. The fourth-order valence-corrected chi connectivity index (χ4v) is 3.40. The molecule has 0 aliphatic carbocycles. The Morgan fingerprint density at radius 1 is 1.11 bits per heavy atom. The Bertz CT molecular complexity index is 892. The van der Waals surface area contributed by atoms with Gasteiger partial charge in [0, 0.05) is 37.1 Å². The van der Waals surface area contributed by atoms with Crippen LogP contribution in [-0.4, -0.2) is 41.8 Å². The molecule has 1 heterocycles. The molecule has 146 valence electrons. The summed E-state index contributed by atoms with van der Waals surface area (Å²) in [6, 6.07) is 15.6. The number of benzene rings is 2. The maximum Gasteiger partial charge on any atom is 0.303 e. The van der Waals surface area contributed by atoms with Gasteiger partial charge in [0.05, 0.1) is 18.2 Å². The Balaban J connectivity index is 1.89. The molecule has 1 aliphatic heterocycles. The van der Waals surface area contributed by atoms with E-state index in [4.69, 9.17) is 5.11 Å². The third-order valence-electron chi connectivity index (χ3n) is 4.69. The van der Waals surface area contributed by atoms with Crippen molar-refractivity contribution in [1.82, 2.24) is 5.01 Å². The van der Waals surface area contributed by atoms with Crippen molar-refractivity contribution in [1.29, 1.82) is 0 Å². The van der Waals surface area contributed by atoms with Crippen LogP contribution >= 0.6 is 15.9 Å². The second-order valence-electron chi connectivity index (χ2n) is 6.89. The first-order valence-electron chi connectivity index (χ1n) is 8.99. The van der Waals surface area contributed by atoms with E-state index in [0.717, 1.165) is 27.0 Å². The molecule has 0 aromatic heterocycles. The third kappa shape index (κ3) is 4.59. The molecule has 7 heteroatoms. The van der Waals surface area contributed by atoms with Crippen LogP contribution in [0.5, 0.6) is 0 Å². The van der Waals surface area contributed by atoms with E-state index in [-0.39, 0.29) is 24.8 Å². The van der Waals surface area contributed by atoms with Crippen LogP contribution in [-0.2, 0) is 9.59 Å². The third-order valence-corrected chi connectivity index (χ3v) is 5.22. The van der Waals surface area contributed by atoms with Gasteiger partial charge in [0.25, 0.3) is 0 Å². The lowest BCUT2D eigenvalue weighted by molar-refractivity contribution is -0.141. The summed E-state index contributed by atoms with van der Waals surface area (Å²) in [6.07, 6.45) is 0.311. The van der Waals surface area contributed by atoms with Crippen molar-refractivity contribution in [2.45, 2.75) is 25.3 Å². The molecule has 0 saturated heterocycles. The van der Waals surface area contributed by atoms with E-state index in [1.165, 1.54) is 5.01 Å². The highest BCUT2D eigenvalue weighted by Gasteiger charge is 2.33. The zero-order valence-corrected chi connectivity index (χ0v) is 17.4. The first kappa shape index (κ1) is 20.1. The van der Waals surface area contributed by atoms with Gasteiger partial charge >= 0.3 is 5.97 Å². The van der Waals surface area contributed by atoms with E-state index in [9.17, 15) is 9.59 Å². The van der Waals surface area contributed by atoms with Gasteiger partial charge in [-0.1, -0.05) is 40.2 Å². The molecule has 0 radical (unpaired) electrons. The van der Waals surface area contributed by atoms with Gasteiger partial charge in [-0.3, -0.25) is 9.59 Å². The minimum Gasteiger partial charge on any atom is -0.481 e. The SMILES string of the molecule is CN(C)c1ccc([C@@H]2CC(c3ccc(Br)cc3)=NN2C(=O)CCC(=O)O)cc1. The number of carbonyl (C=O) groups is 2. The summed E-state index contributed by atoms with van der Waals surface area (Å²) in [5.74, 6) is -1.27. The van der Waals surface area contributed by atoms with Crippen molar-refractivity contribution in [3.8, 4) is 0 Å². The highest BCUT2D eigenvalue weighted by molar-refractivity contribution is 9.10. The van der Waals surface area contributed by atoms with Crippen LogP contribution in [0.4, 0.5) is 5.69 Å². The monoisotopic (exact) mass is 443 g/mol. The largest absolute Gasteiger partial charge is 0.481 e. The summed E-state index contributed by atoms with van der Waals surface area (Å²) < 4.78 is 0.972. The van der Waals surface area contributed by atoms with Crippen molar-refractivity contribution in [3.63, 3.8) is 0 Å². The molecule has 1 atom stereocenters. The molecular weight excluding hydrogens is 422 g/mol. The molecule has 1 amide bonds. The average Bonchev–Trinajstić information content (AvgIpc) is 3.12. The molecule has 3 rings (SSSR count). The Kier molecular flexibility index (Phi) is 6.14. The van der Waals surface area contributed by atoms with Gasteiger partial charge in [-0.05, 0) is 35.4 Å². The van der Waals surface area contributed by atoms with Crippen LogP contribution in [0.15, 0.2) is 58.1 Å². The van der Waals surface area contributed by atoms with Gasteiger partial charge < -0.3 is 10.0 Å². The fourth-order valence-electron chi connectivity index (χ4n) is 3.14. The number of hydrazone groups is 1. The number of hydrogen-bond acceptors (Lipinski definition) is 4. The number of aliphatic carboxylic acids is 1. The molecule has 0 spiro atoms. The molecule has 0 unspecified atom stereocenters. The quantitative estimate of drug-likeness (QED) is 0.730. The van der Waals surface area contributed by atoms with Gasteiger partial charge in [0.2, 0.25) is 5.91 Å². The zero-order valence-electron chi connectivity index (χ0n) is 15.8. The zero-order chi connectivity index (χ0) is 20.3. The topological polar surface area (TPSA) is 73.2 Å². The van der Waals surface area contributed by atoms with Crippen molar-refractivity contribution in [2.75, 3.05) is 19.0 Å². The second-order valence-corrected chi connectivity index (χ2v) is 7.81. The Labute approximate surface area is 172 Å². The molecule has 1 aliphatic rings. The molecule has 6 nitrogen and oxygen atoms in total. The smallest absolute Gasteiger partial charge is 0.303 e. The number of hydrogen-bond donors (Lipinski definition) is 1. The van der Waals surface area contributed by atoms with Gasteiger partial charge in [0.15, 0.2) is 0 Å². The van der Waals surface area contributed by atoms with Crippen LogP contribution < -0.4 is 4.90 Å². The molecule has 0 bridgehead atoms. The lowest BCUT2D eigenvalue weighted by Crippen LogP contribution is -2.27. The van der Waals surface area contributed by atoms with E-state index in [1.54, 1.807) is 0 Å². The normalized spacial score (nSPS) is 16.0. The number of carbonyl (C=O) groups excluding carboxylic acids is 1.